The number of hydrogen-bond acceptors (Lipinski definition) is 6. The molecule has 1 aliphatic rings. The minimum atomic E-state index is -0.0824. The van der Waals surface area contributed by atoms with Crippen molar-refractivity contribution in [3.05, 3.63) is 46.7 Å². The number of piperidine rings is 1. The summed E-state index contributed by atoms with van der Waals surface area (Å²) in [6, 6.07) is 7.99. The monoisotopic (exact) mass is 368 g/mol. The van der Waals surface area contributed by atoms with Gasteiger partial charge in [-0.2, -0.15) is 0 Å². The zero-order valence-corrected chi connectivity index (χ0v) is 15.6. The predicted octanol–water partition coefficient (Wildman–Crippen LogP) is 3.39. The number of carbonyl (C=O) groups is 1. The number of amides is 1. The third kappa shape index (κ3) is 3.53. The van der Waals surface area contributed by atoms with Gasteiger partial charge in [-0.3, -0.25) is 4.79 Å². The van der Waals surface area contributed by atoms with Crippen molar-refractivity contribution in [1.29, 1.82) is 0 Å². The van der Waals surface area contributed by atoms with Gasteiger partial charge in [-0.25, -0.2) is 15.0 Å². The molecule has 1 aliphatic heterocycles. The van der Waals surface area contributed by atoms with Gasteiger partial charge in [0.25, 0.3) is 5.91 Å². The van der Waals surface area contributed by atoms with Gasteiger partial charge in [-0.05, 0) is 51.0 Å². The highest BCUT2D eigenvalue weighted by Gasteiger charge is 2.26. The second-order valence-electron chi connectivity index (χ2n) is 6.60. The largest absolute Gasteiger partial charge is 0.458 e. The fourth-order valence-electron chi connectivity index (χ4n) is 3.28. The van der Waals surface area contributed by atoms with Crippen molar-refractivity contribution in [3.63, 3.8) is 0 Å². The Morgan fingerprint density at radius 2 is 2.04 bits per heavy atom. The van der Waals surface area contributed by atoms with Crippen LogP contribution >= 0.6 is 11.3 Å². The van der Waals surface area contributed by atoms with Crippen molar-refractivity contribution < 1.29 is 9.53 Å². The number of aryl methyl sites for hydroxylation is 2. The number of carbonyl (C=O) groups excluding carboxylic acids is 1. The molecule has 0 saturated carbocycles. The van der Waals surface area contributed by atoms with Crippen LogP contribution in [0.5, 0.6) is 6.01 Å². The van der Waals surface area contributed by atoms with E-state index in [9.17, 15) is 4.79 Å². The SMILES string of the molecule is Cc1cc(C)nc(O[C@@H]2CCCN(C(=O)c3ccc4ncsc4c3)C2)n1. The Morgan fingerprint density at radius 1 is 1.23 bits per heavy atom. The molecule has 1 atom stereocenters. The standard InChI is InChI=1S/C19H20N4O2S/c1-12-8-13(2)22-19(21-12)25-15-4-3-7-23(10-15)18(24)14-5-6-16-17(9-14)26-11-20-16/h5-6,8-9,11,15H,3-4,7,10H2,1-2H3/t15-/m1/s1. The van der Waals surface area contributed by atoms with Crippen molar-refractivity contribution in [2.75, 3.05) is 13.1 Å². The Hall–Kier alpha value is -2.54. The highest BCUT2D eigenvalue weighted by Crippen LogP contribution is 2.22. The molecule has 1 fully saturated rings. The van der Waals surface area contributed by atoms with Crippen molar-refractivity contribution in [3.8, 4) is 6.01 Å². The summed E-state index contributed by atoms with van der Waals surface area (Å²) in [6.45, 7) is 5.14. The van der Waals surface area contributed by atoms with Crippen LogP contribution in [0.25, 0.3) is 10.2 Å². The molecule has 0 aliphatic carbocycles. The molecule has 3 heterocycles. The molecule has 26 heavy (non-hydrogen) atoms. The summed E-state index contributed by atoms with van der Waals surface area (Å²) < 4.78 is 7.00. The van der Waals surface area contributed by atoms with Crippen LogP contribution in [0.4, 0.5) is 0 Å². The molecule has 0 bridgehead atoms. The van der Waals surface area contributed by atoms with Gasteiger partial charge in [0, 0.05) is 23.5 Å². The number of rotatable bonds is 3. The lowest BCUT2D eigenvalue weighted by Crippen LogP contribution is -2.44. The van der Waals surface area contributed by atoms with E-state index in [2.05, 4.69) is 15.0 Å². The molecular weight excluding hydrogens is 348 g/mol. The summed E-state index contributed by atoms with van der Waals surface area (Å²) >= 11 is 1.55. The number of fused-ring (bicyclic) bond motifs is 1. The average Bonchev–Trinajstić information content (AvgIpc) is 3.08. The number of likely N-dealkylation sites (tertiary alicyclic amines) is 1. The first-order valence-corrected chi connectivity index (χ1v) is 9.58. The van der Waals surface area contributed by atoms with E-state index < -0.39 is 0 Å². The maximum Gasteiger partial charge on any atom is 0.317 e. The van der Waals surface area contributed by atoms with Crippen LogP contribution in [0.2, 0.25) is 0 Å². The molecule has 0 radical (unpaired) electrons. The number of ether oxygens (including phenoxy) is 1. The fraction of sp³-hybridized carbons (Fsp3) is 0.368. The summed E-state index contributed by atoms with van der Waals surface area (Å²) in [5, 5.41) is 0. The third-order valence-electron chi connectivity index (χ3n) is 4.48. The summed E-state index contributed by atoms with van der Waals surface area (Å²) in [5.41, 5.74) is 5.19. The molecule has 0 N–H and O–H groups in total. The normalized spacial score (nSPS) is 17.5. The lowest BCUT2D eigenvalue weighted by atomic mass is 10.1. The minimum absolute atomic E-state index is 0.0370. The third-order valence-corrected chi connectivity index (χ3v) is 5.27. The van der Waals surface area contributed by atoms with Gasteiger partial charge in [0.1, 0.15) is 6.10 Å². The van der Waals surface area contributed by atoms with Crippen LogP contribution in [0.15, 0.2) is 29.8 Å². The van der Waals surface area contributed by atoms with Gasteiger partial charge in [0.2, 0.25) is 0 Å². The highest BCUT2D eigenvalue weighted by atomic mass is 32.1. The Bertz CT molecular complexity index is 935. The van der Waals surface area contributed by atoms with Gasteiger partial charge in [-0.1, -0.05) is 0 Å². The molecule has 6 nitrogen and oxygen atoms in total. The second-order valence-corrected chi connectivity index (χ2v) is 7.49. The first-order valence-electron chi connectivity index (χ1n) is 8.70. The lowest BCUT2D eigenvalue weighted by molar-refractivity contribution is 0.0515. The Labute approximate surface area is 155 Å². The van der Waals surface area contributed by atoms with Crippen LogP contribution in [-0.2, 0) is 0 Å². The first-order chi connectivity index (χ1) is 12.6. The second kappa shape index (κ2) is 6.99. The van der Waals surface area contributed by atoms with Gasteiger partial charge in [0.15, 0.2) is 0 Å². The number of hydrogen-bond donors (Lipinski definition) is 0. The zero-order valence-electron chi connectivity index (χ0n) is 14.8. The molecule has 134 valence electrons. The topological polar surface area (TPSA) is 68.2 Å². The zero-order chi connectivity index (χ0) is 18.1. The van der Waals surface area contributed by atoms with E-state index in [4.69, 9.17) is 4.74 Å². The van der Waals surface area contributed by atoms with E-state index >= 15 is 0 Å². The van der Waals surface area contributed by atoms with Gasteiger partial charge < -0.3 is 9.64 Å². The maximum atomic E-state index is 12.9. The van der Waals surface area contributed by atoms with Crippen LogP contribution < -0.4 is 4.74 Å². The van der Waals surface area contributed by atoms with E-state index in [1.54, 1.807) is 16.8 Å². The highest BCUT2D eigenvalue weighted by molar-refractivity contribution is 7.16. The fourth-order valence-corrected chi connectivity index (χ4v) is 4.00. The Balaban J connectivity index is 1.47. The Morgan fingerprint density at radius 3 is 2.85 bits per heavy atom. The quantitative estimate of drug-likeness (QED) is 0.709. The molecule has 2 aromatic heterocycles. The van der Waals surface area contributed by atoms with Gasteiger partial charge in [0.05, 0.1) is 22.3 Å². The van der Waals surface area contributed by atoms with E-state index in [0.717, 1.165) is 41.0 Å². The number of nitrogens with zero attached hydrogens (tertiary/aromatic N) is 4. The van der Waals surface area contributed by atoms with E-state index in [0.29, 0.717) is 18.1 Å². The van der Waals surface area contributed by atoms with Crippen LogP contribution in [0, 0.1) is 13.8 Å². The summed E-state index contributed by atoms with van der Waals surface area (Å²) in [5.74, 6) is 0.0370. The van der Waals surface area contributed by atoms with Crippen LogP contribution in [0.1, 0.15) is 34.6 Å². The average molecular weight is 368 g/mol. The molecule has 0 unspecified atom stereocenters. The summed E-state index contributed by atoms with van der Waals surface area (Å²) in [6.07, 6.45) is 1.72. The molecular formula is C19H20N4O2S. The number of thiazole rings is 1. The number of aromatic nitrogens is 3. The van der Waals surface area contributed by atoms with Gasteiger partial charge in [-0.15, -0.1) is 11.3 Å². The van der Waals surface area contributed by atoms with Crippen LogP contribution in [0.3, 0.4) is 0 Å². The minimum Gasteiger partial charge on any atom is -0.458 e. The number of benzene rings is 1. The van der Waals surface area contributed by atoms with E-state index in [1.807, 2.05) is 43.0 Å². The Kier molecular flexibility index (Phi) is 4.55. The van der Waals surface area contributed by atoms with E-state index in [-0.39, 0.29) is 12.0 Å². The molecule has 0 spiro atoms. The summed E-state index contributed by atoms with van der Waals surface area (Å²) in [4.78, 5) is 27.7. The molecule has 1 amide bonds. The van der Waals surface area contributed by atoms with Crippen molar-refractivity contribution >= 4 is 27.5 Å². The van der Waals surface area contributed by atoms with Crippen LogP contribution in [-0.4, -0.2) is 45.0 Å². The van der Waals surface area contributed by atoms with Crippen molar-refractivity contribution in [2.45, 2.75) is 32.8 Å². The van der Waals surface area contributed by atoms with Crippen molar-refractivity contribution in [1.82, 2.24) is 19.9 Å². The predicted molar refractivity (Wildman–Crippen MR) is 101 cm³/mol. The molecule has 7 heteroatoms. The first kappa shape index (κ1) is 16.9. The molecule has 1 saturated heterocycles. The van der Waals surface area contributed by atoms with E-state index in [1.165, 1.54) is 0 Å². The van der Waals surface area contributed by atoms with Gasteiger partial charge >= 0.3 is 6.01 Å². The lowest BCUT2D eigenvalue weighted by Gasteiger charge is -2.32. The maximum absolute atomic E-state index is 12.9. The summed E-state index contributed by atoms with van der Waals surface area (Å²) in [7, 11) is 0. The molecule has 4 rings (SSSR count). The van der Waals surface area contributed by atoms with Crippen molar-refractivity contribution in [2.24, 2.45) is 0 Å². The molecule has 1 aromatic carbocycles. The smallest absolute Gasteiger partial charge is 0.317 e. The molecule has 3 aromatic rings.